The predicted octanol–water partition coefficient (Wildman–Crippen LogP) is 4.04. The molecular formula is C17H13Cl2N5O. The van der Waals surface area contributed by atoms with Gasteiger partial charge in [-0.3, -0.25) is 9.78 Å². The van der Waals surface area contributed by atoms with E-state index in [2.05, 4.69) is 25.6 Å². The highest BCUT2D eigenvalue weighted by molar-refractivity contribution is 6.36. The van der Waals surface area contributed by atoms with E-state index in [0.29, 0.717) is 28.1 Å². The van der Waals surface area contributed by atoms with Crippen LogP contribution in [0.2, 0.25) is 10.0 Å². The number of amides is 1. The van der Waals surface area contributed by atoms with E-state index in [1.165, 1.54) is 6.33 Å². The molecule has 0 fully saturated rings. The Kier molecular flexibility index (Phi) is 5.42. The Balaban J connectivity index is 1.69. The molecule has 0 spiro atoms. The first kappa shape index (κ1) is 17.1. The molecule has 126 valence electrons. The van der Waals surface area contributed by atoms with Crippen LogP contribution in [0, 0.1) is 0 Å². The minimum absolute atomic E-state index is 0.213. The average molecular weight is 374 g/mol. The van der Waals surface area contributed by atoms with Crippen LogP contribution < -0.4 is 10.6 Å². The van der Waals surface area contributed by atoms with E-state index in [-0.39, 0.29) is 5.69 Å². The number of rotatable bonds is 5. The Labute approximate surface area is 154 Å². The maximum atomic E-state index is 12.3. The van der Waals surface area contributed by atoms with Crippen LogP contribution in [0.5, 0.6) is 0 Å². The minimum Gasteiger partial charge on any atom is -0.364 e. The Morgan fingerprint density at radius 3 is 2.68 bits per heavy atom. The number of hydrogen-bond acceptors (Lipinski definition) is 5. The van der Waals surface area contributed by atoms with Gasteiger partial charge in [-0.2, -0.15) is 0 Å². The third-order valence-corrected chi connectivity index (χ3v) is 3.80. The predicted molar refractivity (Wildman–Crippen MR) is 98.0 cm³/mol. The summed E-state index contributed by atoms with van der Waals surface area (Å²) in [6.45, 7) is 0.488. The summed E-state index contributed by atoms with van der Waals surface area (Å²) in [7, 11) is 0. The molecule has 0 bridgehead atoms. The molecule has 0 aliphatic heterocycles. The highest BCUT2D eigenvalue weighted by Gasteiger charge is 2.11. The third kappa shape index (κ3) is 4.65. The molecular weight excluding hydrogens is 361 g/mol. The first-order valence-electron chi connectivity index (χ1n) is 7.34. The first-order chi connectivity index (χ1) is 12.1. The molecule has 0 unspecified atom stereocenters. The number of nitrogens with one attached hydrogen (secondary N) is 2. The maximum Gasteiger partial charge on any atom is 0.274 e. The molecule has 0 aliphatic rings. The zero-order valence-corrected chi connectivity index (χ0v) is 14.4. The Morgan fingerprint density at radius 1 is 1.04 bits per heavy atom. The van der Waals surface area contributed by atoms with Crippen molar-refractivity contribution in [2.75, 3.05) is 10.6 Å². The molecule has 1 amide bonds. The second-order valence-corrected chi connectivity index (χ2v) is 5.89. The molecule has 2 N–H and O–H groups in total. The molecule has 0 radical (unpaired) electrons. The normalized spacial score (nSPS) is 10.3. The summed E-state index contributed by atoms with van der Waals surface area (Å²) in [5, 5.41) is 6.64. The molecule has 2 heterocycles. The lowest BCUT2D eigenvalue weighted by Gasteiger charge is -2.09. The van der Waals surface area contributed by atoms with Crippen molar-refractivity contribution in [1.29, 1.82) is 0 Å². The van der Waals surface area contributed by atoms with Crippen molar-refractivity contribution < 1.29 is 4.79 Å². The van der Waals surface area contributed by atoms with Crippen LogP contribution in [0.15, 0.2) is 55.0 Å². The van der Waals surface area contributed by atoms with Crippen molar-refractivity contribution in [2.24, 2.45) is 0 Å². The van der Waals surface area contributed by atoms with E-state index in [1.807, 2.05) is 18.2 Å². The van der Waals surface area contributed by atoms with Crippen molar-refractivity contribution >= 4 is 40.6 Å². The van der Waals surface area contributed by atoms with E-state index in [1.54, 1.807) is 30.5 Å². The van der Waals surface area contributed by atoms with Gasteiger partial charge >= 0.3 is 0 Å². The quantitative estimate of drug-likeness (QED) is 0.705. The van der Waals surface area contributed by atoms with Gasteiger partial charge in [-0.15, -0.1) is 0 Å². The number of carbonyl (C=O) groups excluding carboxylic acids is 1. The van der Waals surface area contributed by atoms with Gasteiger partial charge in [0.1, 0.15) is 17.8 Å². The van der Waals surface area contributed by atoms with Gasteiger partial charge in [-0.25, -0.2) is 9.97 Å². The average Bonchev–Trinajstić information content (AvgIpc) is 2.63. The first-order valence-corrected chi connectivity index (χ1v) is 8.09. The number of pyridine rings is 1. The number of benzene rings is 1. The summed E-state index contributed by atoms with van der Waals surface area (Å²) >= 11 is 11.9. The maximum absolute atomic E-state index is 12.3. The van der Waals surface area contributed by atoms with Gasteiger partial charge in [0.2, 0.25) is 0 Å². The van der Waals surface area contributed by atoms with Crippen LogP contribution in [0.25, 0.3) is 0 Å². The monoisotopic (exact) mass is 373 g/mol. The second-order valence-electron chi connectivity index (χ2n) is 5.04. The fraction of sp³-hybridized carbons (Fsp3) is 0.0588. The lowest BCUT2D eigenvalue weighted by atomic mass is 10.3. The number of nitrogens with zero attached hydrogens (tertiary/aromatic N) is 3. The van der Waals surface area contributed by atoms with Crippen LogP contribution in [0.4, 0.5) is 11.5 Å². The van der Waals surface area contributed by atoms with Gasteiger partial charge in [0.05, 0.1) is 22.9 Å². The summed E-state index contributed by atoms with van der Waals surface area (Å²) in [6.07, 6.45) is 3.03. The molecule has 2 aromatic heterocycles. The Hall–Kier alpha value is -2.70. The van der Waals surface area contributed by atoms with Crippen molar-refractivity contribution in [3.63, 3.8) is 0 Å². The smallest absolute Gasteiger partial charge is 0.274 e. The van der Waals surface area contributed by atoms with E-state index in [0.717, 1.165) is 5.69 Å². The molecule has 0 saturated heterocycles. The Bertz CT molecular complexity index is 889. The molecule has 8 heteroatoms. The highest BCUT2D eigenvalue weighted by Crippen LogP contribution is 2.25. The number of halogens is 2. The third-order valence-electron chi connectivity index (χ3n) is 3.26. The molecule has 3 rings (SSSR count). The van der Waals surface area contributed by atoms with Crippen molar-refractivity contribution in [1.82, 2.24) is 15.0 Å². The van der Waals surface area contributed by atoms with Gasteiger partial charge in [0.25, 0.3) is 5.91 Å². The number of carbonyl (C=O) groups is 1. The summed E-state index contributed by atoms with van der Waals surface area (Å²) in [4.78, 5) is 24.6. The van der Waals surface area contributed by atoms with E-state index in [9.17, 15) is 4.79 Å². The van der Waals surface area contributed by atoms with E-state index in [4.69, 9.17) is 23.2 Å². The van der Waals surface area contributed by atoms with Crippen molar-refractivity contribution in [2.45, 2.75) is 6.54 Å². The summed E-state index contributed by atoms with van der Waals surface area (Å²) < 4.78 is 0. The minimum atomic E-state index is -0.396. The molecule has 3 aromatic rings. The highest BCUT2D eigenvalue weighted by atomic mass is 35.5. The van der Waals surface area contributed by atoms with Crippen LogP contribution in [0.3, 0.4) is 0 Å². The largest absolute Gasteiger partial charge is 0.364 e. The summed E-state index contributed by atoms with van der Waals surface area (Å²) in [5.74, 6) is 0.125. The van der Waals surface area contributed by atoms with Gasteiger partial charge in [-0.1, -0.05) is 29.3 Å². The van der Waals surface area contributed by atoms with Gasteiger partial charge in [0.15, 0.2) is 0 Å². The molecule has 25 heavy (non-hydrogen) atoms. The van der Waals surface area contributed by atoms with Crippen LogP contribution in [-0.2, 0) is 6.54 Å². The lowest BCUT2D eigenvalue weighted by molar-refractivity contribution is 0.102. The second kappa shape index (κ2) is 7.92. The van der Waals surface area contributed by atoms with E-state index >= 15 is 0 Å². The zero-order chi connectivity index (χ0) is 17.6. The van der Waals surface area contributed by atoms with Gasteiger partial charge in [0, 0.05) is 17.3 Å². The number of anilines is 2. The Morgan fingerprint density at radius 2 is 1.92 bits per heavy atom. The molecule has 6 nitrogen and oxygen atoms in total. The van der Waals surface area contributed by atoms with Gasteiger partial charge < -0.3 is 10.6 Å². The molecule has 0 saturated carbocycles. The fourth-order valence-corrected chi connectivity index (χ4v) is 2.49. The zero-order valence-electron chi connectivity index (χ0n) is 12.9. The summed E-state index contributed by atoms with van der Waals surface area (Å²) in [5.41, 5.74) is 1.53. The molecule has 0 aliphatic carbocycles. The topological polar surface area (TPSA) is 79.8 Å². The standard InChI is InChI=1S/C17H13Cl2N5O/c18-11-4-5-14(13(19)7-11)24-17(25)15-8-16(23-10-22-15)21-9-12-3-1-2-6-20-12/h1-8,10H,9H2,(H,24,25)(H,21,22,23). The van der Waals surface area contributed by atoms with Crippen molar-refractivity contribution in [3.8, 4) is 0 Å². The van der Waals surface area contributed by atoms with Gasteiger partial charge in [-0.05, 0) is 30.3 Å². The van der Waals surface area contributed by atoms with Crippen LogP contribution >= 0.6 is 23.2 Å². The SMILES string of the molecule is O=C(Nc1ccc(Cl)cc1Cl)c1cc(NCc2ccccn2)ncn1. The molecule has 0 atom stereocenters. The number of hydrogen-bond donors (Lipinski definition) is 2. The van der Waals surface area contributed by atoms with E-state index < -0.39 is 5.91 Å². The lowest BCUT2D eigenvalue weighted by Crippen LogP contribution is -2.15. The van der Waals surface area contributed by atoms with Crippen molar-refractivity contribution in [3.05, 3.63) is 76.4 Å². The fourth-order valence-electron chi connectivity index (χ4n) is 2.04. The number of aromatic nitrogens is 3. The van der Waals surface area contributed by atoms with Crippen LogP contribution in [0.1, 0.15) is 16.2 Å². The molecule has 1 aromatic carbocycles. The summed E-state index contributed by atoms with van der Waals surface area (Å²) in [6, 6.07) is 12.0. The van der Waals surface area contributed by atoms with Crippen LogP contribution in [-0.4, -0.2) is 20.9 Å².